The van der Waals surface area contributed by atoms with Gasteiger partial charge in [0.25, 0.3) is 5.69 Å². The van der Waals surface area contributed by atoms with Gasteiger partial charge in [-0.2, -0.15) is 0 Å². The molecule has 0 saturated carbocycles. The van der Waals surface area contributed by atoms with Crippen LogP contribution in [0.4, 0.5) is 5.69 Å². The van der Waals surface area contributed by atoms with Crippen molar-refractivity contribution in [2.24, 2.45) is 0 Å². The molecule has 0 saturated heterocycles. The number of benzene rings is 1. The van der Waals surface area contributed by atoms with Crippen LogP contribution in [-0.4, -0.2) is 22.7 Å². The summed E-state index contributed by atoms with van der Waals surface area (Å²) < 4.78 is 0. The average Bonchev–Trinajstić information content (AvgIpc) is 2.25. The standard InChI is InChI=1S/C10H13ClN2O3/c1-7(6-14)12-5-8-4-9(11)2-3-10(8)13(15)16/h2-4,7,12,14H,5-6H2,1H3/t7-/m0/s1. The first-order valence-corrected chi connectivity index (χ1v) is 5.19. The van der Waals surface area contributed by atoms with E-state index in [0.717, 1.165) is 0 Å². The summed E-state index contributed by atoms with van der Waals surface area (Å²) in [4.78, 5) is 10.3. The minimum absolute atomic E-state index is 0.0195. The summed E-state index contributed by atoms with van der Waals surface area (Å²) in [6.45, 7) is 2.07. The van der Waals surface area contributed by atoms with Gasteiger partial charge >= 0.3 is 0 Å². The fraction of sp³-hybridized carbons (Fsp3) is 0.400. The fourth-order valence-electron chi connectivity index (χ4n) is 1.22. The molecule has 0 aliphatic heterocycles. The van der Waals surface area contributed by atoms with E-state index >= 15 is 0 Å². The van der Waals surface area contributed by atoms with E-state index in [-0.39, 0.29) is 18.3 Å². The molecule has 0 aliphatic rings. The van der Waals surface area contributed by atoms with Gasteiger partial charge in [-0.05, 0) is 19.1 Å². The number of nitro benzene ring substituents is 1. The normalized spacial score (nSPS) is 12.4. The molecule has 0 aliphatic carbocycles. The maximum absolute atomic E-state index is 10.7. The molecule has 5 nitrogen and oxygen atoms in total. The van der Waals surface area contributed by atoms with Gasteiger partial charge in [0, 0.05) is 29.2 Å². The largest absolute Gasteiger partial charge is 0.395 e. The molecule has 1 aromatic carbocycles. The summed E-state index contributed by atoms with van der Waals surface area (Å²) >= 11 is 5.77. The van der Waals surface area contributed by atoms with Gasteiger partial charge in [0.1, 0.15) is 0 Å². The highest BCUT2D eigenvalue weighted by atomic mass is 35.5. The number of nitrogens with zero attached hydrogens (tertiary/aromatic N) is 1. The van der Waals surface area contributed by atoms with Crippen LogP contribution in [0.3, 0.4) is 0 Å². The Balaban J connectivity index is 2.84. The highest BCUT2D eigenvalue weighted by Crippen LogP contribution is 2.22. The third-order valence-corrected chi connectivity index (χ3v) is 2.39. The van der Waals surface area contributed by atoms with E-state index in [1.54, 1.807) is 13.0 Å². The molecular weight excluding hydrogens is 232 g/mol. The van der Waals surface area contributed by atoms with Crippen molar-refractivity contribution in [1.29, 1.82) is 0 Å². The van der Waals surface area contributed by atoms with Crippen LogP contribution in [0, 0.1) is 10.1 Å². The van der Waals surface area contributed by atoms with Gasteiger partial charge in [0.05, 0.1) is 11.5 Å². The Morgan fingerprint density at radius 1 is 1.62 bits per heavy atom. The number of aliphatic hydroxyl groups excluding tert-OH is 1. The van der Waals surface area contributed by atoms with Crippen LogP contribution in [0.1, 0.15) is 12.5 Å². The number of nitro groups is 1. The molecule has 6 heteroatoms. The van der Waals surface area contributed by atoms with Crippen molar-refractivity contribution in [3.05, 3.63) is 38.9 Å². The van der Waals surface area contributed by atoms with E-state index < -0.39 is 4.92 Å². The van der Waals surface area contributed by atoms with E-state index in [1.807, 2.05) is 0 Å². The first-order valence-electron chi connectivity index (χ1n) is 4.81. The van der Waals surface area contributed by atoms with Gasteiger partial charge in [-0.15, -0.1) is 0 Å². The third-order valence-electron chi connectivity index (χ3n) is 2.15. The number of aliphatic hydroxyl groups is 1. The lowest BCUT2D eigenvalue weighted by Crippen LogP contribution is -2.28. The lowest BCUT2D eigenvalue weighted by molar-refractivity contribution is -0.385. The zero-order chi connectivity index (χ0) is 12.1. The first-order chi connectivity index (χ1) is 7.54. The lowest BCUT2D eigenvalue weighted by atomic mass is 10.1. The predicted molar refractivity (Wildman–Crippen MR) is 61.5 cm³/mol. The van der Waals surface area contributed by atoms with Gasteiger partial charge in [0.15, 0.2) is 0 Å². The topological polar surface area (TPSA) is 75.4 Å². The Labute approximate surface area is 98.2 Å². The summed E-state index contributed by atoms with van der Waals surface area (Å²) in [5, 5.41) is 23.0. The molecule has 0 fully saturated rings. The molecule has 0 bridgehead atoms. The SMILES string of the molecule is C[C@@H](CO)NCc1cc(Cl)ccc1[N+](=O)[O-]. The second kappa shape index (κ2) is 5.79. The molecule has 1 aromatic rings. The molecule has 0 radical (unpaired) electrons. The molecule has 1 atom stereocenters. The van der Waals surface area contributed by atoms with E-state index in [0.29, 0.717) is 17.1 Å². The van der Waals surface area contributed by atoms with Crippen molar-refractivity contribution < 1.29 is 10.0 Å². The van der Waals surface area contributed by atoms with Crippen molar-refractivity contribution in [2.75, 3.05) is 6.61 Å². The highest BCUT2D eigenvalue weighted by molar-refractivity contribution is 6.30. The van der Waals surface area contributed by atoms with Crippen LogP contribution < -0.4 is 5.32 Å². The van der Waals surface area contributed by atoms with Gasteiger partial charge in [-0.25, -0.2) is 0 Å². The van der Waals surface area contributed by atoms with Crippen molar-refractivity contribution in [1.82, 2.24) is 5.32 Å². The van der Waals surface area contributed by atoms with Crippen LogP contribution in [0.15, 0.2) is 18.2 Å². The van der Waals surface area contributed by atoms with E-state index in [4.69, 9.17) is 16.7 Å². The summed E-state index contributed by atoms with van der Waals surface area (Å²) in [7, 11) is 0. The molecular formula is C10H13ClN2O3. The monoisotopic (exact) mass is 244 g/mol. The maximum atomic E-state index is 10.7. The van der Waals surface area contributed by atoms with Crippen molar-refractivity contribution in [3.8, 4) is 0 Å². The summed E-state index contributed by atoms with van der Waals surface area (Å²) in [5.41, 5.74) is 0.542. The quantitative estimate of drug-likeness (QED) is 0.611. The van der Waals surface area contributed by atoms with Gasteiger partial charge in [0.2, 0.25) is 0 Å². The fourth-order valence-corrected chi connectivity index (χ4v) is 1.42. The lowest BCUT2D eigenvalue weighted by Gasteiger charge is -2.10. The highest BCUT2D eigenvalue weighted by Gasteiger charge is 2.14. The smallest absolute Gasteiger partial charge is 0.273 e. The van der Waals surface area contributed by atoms with Crippen molar-refractivity contribution >= 4 is 17.3 Å². The number of nitrogens with one attached hydrogen (secondary N) is 1. The molecule has 16 heavy (non-hydrogen) atoms. The first kappa shape index (κ1) is 12.9. The number of rotatable bonds is 5. The molecule has 0 heterocycles. The maximum Gasteiger partial charge on any atom is 0.273 e. The minimum Gasteiger partial charge on any atom is -0.395 e. The zero-order valence-electron chi connectivity index (χ0n) is 8.81. The van der Waals surface area contributed by atoms with E-state index in [1.165, 1.54) is 12.1 Å². The van der Waals surface area contributed by atoms with Crippen LogP contribution >= 0.6 is 11.6 Å². The molecule has 0 spiro atoms. The summed E-state index contributed by atoms with van der Waals surface area (Å²) in [6, 6.07) is 4.30. The van der Waals surface area contributed by atoms with Crippen molar-refractivity contribution in [3.63, 3.8) is 0 Å². The van der Waals surface area contributed by atoms with Gasteiger partial charge in [-0.3, -0.25) is 10.1 Å². The van der Waals surface area contributed by atoms with Crippen LogP contribution in [-0.2, 0) is 6.54 Å². The van der Waals surface area contributed by atoms with Crippen LogP contribution in [0.25, 0.3) is 0 Å². The molecule has 2 N–H and O–H groups in total. The summed E-state index contributed by atoms with van der Waals surface area (Å²) in [6.07, 6.45) is 0. The number of halogens is 1. The number of hydrogen-bond donors (Lipinski definition) is 2. The van der Waals surface area contributed by atoms with Gasteiger partial charge in [-0.1, -0.05) is 11.6 Å². The van der Waals surface area contributed by atoms with E-state index in [9.17, 15) is 10.1 Å². The Morgan fingerprint density at radius 3 is 2.88 bits per heavy atom. The molecule has 88 valence electrons. The Kier molecular flexibility index (Phi) is 4.67. The average molecular weight is 245 g/mol. The molecule has 0 aromatic heterocycles. The minimum atomic E-state index is -0.447. The third kappa shape index (κ3) is 3.44. The number of hydrogen-bond acceptors (Lipinski definition) is 4. The van der Waals surface area contributed by atoms with Crippen LogP contribution in [0.5, 0.6) is 0 Å². The second-order valence-corrected chi connectivity index (χ2v) is 3.93. The second-order valence-electron chi connectivity index (χ2n) is 3.49. The zero-order valence-corrected chi connectivity index (χ0v) is 9.57. The van der Waals surface area contributed by atoms with Crippen molar-refractivity contribution in [2.45, 2.75) is 19.5 Å². The molecule has 0 unspecified atom stereocenters. The Bertz CT molecular complexity index is 384. The van der Waals surface area contributed by atoms with Crippen LogP contribution in [0.2, 0.25) is 5.02 Å². The summed E-state index contributed by atoms with van der Waals surface area (Å²) in [5.74, 6) is 0. The predicted octanol–water partition coefficient (Wildman–Crippen LogP) is 1.72. The molecule has 0 amide bonds. The Morgan fingerprint density at radius 2 is 2.31 bits per heavy atom. The Hall–Kier alpha value is -1.17. The van der Waals surface area contributed by atoms with Gasteiger partial charge < -0.3 is 10.4 Å². The molecule has 1 rings (SSSR count). The van der Waals surface area contributed by atoms with E-state index in [2.05, 4.69) is 5.32 Å².